The summed E-state index contributed by atoms with van der Waals surface area (Å²) >= 11 is 1.33. The van der Waals surface area contributed by atoms with E-state index >= 15 is 0 Å². The van der Waals surface area contributed by atoms with Gasteiger partial charge in [0.05, 0.1) is 0 Å². The Balaban J connectivity index is 2.77. The van der Waals surface area contributed by atoms with Crippen molar-refractivity contribution < 1.29 is 13.2 Å². The van der Waals surface area contributed by atoms with Crippen LogP contribution in [0.3, 0.4) is 0 Å². The molecule has 1 unspecified atom stereocenters. The molecule has 0 aliphatic heterocycles. The molecule has 0 fully saturated rings. The second-order valence-electron chi connectivity index (χ2n) is 4.76. The molecule has 20 heavy (non-hydrogen) atoms. The highest BCUT2D eigenvalue weighted by molar-refractivity contribution is 7.91. The lowest BCUT2D eigenvalue weighted by Gasteiger charge is -2.12. The van der Waals surface area contributed by atoms with Crippen LogP contribution in [0, 0.1) is 6.92 Å². The molecule has 0 radical (unpaired) electrons. The Labute approximate surface area is 125 Å². The van der Waals surface area contributed by atoms with Crippen molar-refractivity contribution in [1.29, 1.82) is 0 Å². The fourth-order valence-corrected chi connectivity index (χ4v) is 4.56. The molecule has 5 nitrogen and oxygen atoms in total. The van der Waals surface area contributed by atoms with Crippen molar-refractivity contribution in [1.82, 2.24) is 10.0 Å². The van der Waals surface area contributed by atoms with Gasteiger partial charge in [-0.2, -0.15) is 0 Å². The third-order valence-corrected chi connectivity index (χ3v) is 6.21. The fraction of sp³-hybridized carbons (Fsp3) is 0.692. The predicted molar refractivity (Wildman–Crippen MR) is 82.7 cm³/mol. The molecular weight excluding hydrogens is 296 g/mol. The number of hydrogen-bond donors (Lipinski definition) is 2. The third-order valence-electron chi connectivity index (χ3n) is 2.91. The van der Waals surface area contributed by atoms with E-state index in [0.717, 1.165) is 17.0 Å². The van der Waals surface area contributed by atoms with Crippen molar-refractivity contribution in [3.8, 4) is 0 Å². The lowest BCUT2D eigenvalue weighted by molar-refractivity contribution is 0.188. The van der Waals surface area contributed by atoms with E-state index in [1.54, 1.807) is 13.2 Å². The summed E-state index contributed by atoms with van der Waals surface area (Å²) in [5, 5.41) is 3.22. The molecule has 0 saturated heterocycles. The van der Waals surface area contributed by atoms with Crippen LogP contribution in [-0.4, -0.2) is 34.7 Å². The highest BCUT2D eigenvalue weighted by atomic mass is 32.2. The van der Waals surface area contributed by atoms with E-state index in [1.165, 1.54) is 11.3 Å². The van der Waals surface area contributed by atoms with Gasteiger partial charge in [-0.1, -0.05) is 6.92 Å². The Hall–Kier alpha value is -0.470. The van der Waals surface area contributed by atoms with E-state index in [9.17, 15) is 8.42 Å². The number of rotatable bonds is 9. The number of methoxy groups -OCH3 is 1. The van der Waals surface area contributed by atoms with Crippen LogP contribution in [0.25, 0.3) is 0 Å². The Morgan fingerprint density at radius 3 is 2.75 bits per heavy atom. The average Bonchev–Trinajstić information content (AvgIpc) is 2.75. The van der Waals surface area contributed by atoms with E-state index in [-0.39, 0.29) is 6.04 Å². The van der Waals surface area contributed by atoms with Crippen LogP contribution in [-0.2, 0) is 21.3 Å². The smallest absolute Gasteiger partial charge is 0.250 e. The second kappa shape index (κ2) is 8.09. The highest BCUT2D eigenvalue weighted by Crippen LogP contribution is 2.26. The van der Waals surface area contributed by atoms with Gasteiger partial charge in [-0.15, -0.1) is 11.3 Å². The van der Waals surface area contributed by atoms with Crippen LogP contribution >= 0.6 is 11.3 Å². The van der Waals surface area contributed by atoms with E-state index < -0.39 is 10.0 Å². The summed E-state index contributed by atoms with van der Waals surface area (Å²) in [6.07, 6.45) is 0.657. The van der Waals surface area contributed by atoms with Crippen LogP contribution in [0.1, 0.15) is 30.7 Å². The molecule has 1 aromatic heterocycles. The van der Waals surface area contributed by atoms with Gasteiger partial charge in [0.1, 0.15) is 4.21 Å². The molecule has 2 N–H and O–H groups in total. The topological polar surface area (TPSA) is 67.4 Å². The summed E-state index contributed by atoms with van der Waals surface area (Å²) in [6, 6.07) is 1.60. The van der Waals surface area contributed by atoms with Crippen LogP contribution in [0.4, 0.5) is 0 Å². The second-order valence-corrected chi connectivity index (χ2v) is 7.83. The Morgan fingerprint density at radius 2 is 2.15 bits per heavy atom. The summed E-state index contributed by atoms with van der Waals surface area (Å²) in [5.74, 6) is 0. The Kier molecular flexibility index (Phi) is 7.11. The zero-order valence-corrected chi connectivity index (χ0v) is 14.2. The number of hydrogen-bond acceptors (Lipinski definition) is 5. The van der Waals surface area contributed by atoms with Crippen LogP contribution < -0.4 is 10.0 Å². The first-order valence-corrected chi connectivity index (χ1v) is 9.02. The van der Waals surface area contributed by atoms with Crippen LogP contribution in [0.15, 0.2) is 10.3 Å². The van der Waals surface area contributed by atoms with Crippen molar-refractivity contribution in [3.63, 3.8) is 0 Å². The summed E-state index contributed by atoms with van der Waals surface area (Å²) in [7, 11) is -1.82. The van der Waals surface area contributed by atoms with Crippen molar-refractivity contribution >= 4 is 21.4 Å². The summed E-state index contributed by atoms with van der Waals surface area (Å²) in [6.45, 7) is 7.93. The van der Waals surface area contributed by atoms with Gasteiger partial charge >= 0.3 is 0 Å². The zero-order chi connectivity index (χ0) is 15.2. The normalized spacial score (nSPS) is 13.6. The molecule has 1 atom stereocenters. The van der Waals surface area contributed by atoms with Gasteiger partial charge in [-0.25, -0.2) is 13.1 Å². The largest absolute Gasteiger partial charge is 0.385 e. The molecule has 7 heteroatoms. The van der Waals surface area contributed by atoms with Crippen molar-refractivity contribution in [2.45, 2.75) is 44.0 Å². The van der Waals surface area contributed by atoms with Gasteiger partial charge in [-0.3, -0.25) is 0 Å². The first kappa shape index (κ1) is 17.6. The maximum Gasteiger partial charge on any atom is 0.250 e. The minimum atomic E-state index is -3.43. The van der Waals surface area contributed by atoms with Gasteiger partial charge in [0.15, 0.2) is 0 Å². The van der Waals surface area contributed by atoms with E-state index in [2.05, 4.69) is 10.0 Å². The first-order chi connectivity index (χ1) is 9.40. The van der Waals surface area contributed by atoms with Gasteiger partial charge in [0, 0.05) is 31.2 Å². The molecule has 1 heterocycles. The number of nitrogens with one attached hydrogen (secondary N) is 2. The van der Waals surface area contributed by atoms with Crippen molar-refractivity contribution in [2.75, 3.05) is 20.3 Å². The minimum Gasteiger partial charge on any atom is -0.385 e. The van der Waals surface area contributed by atoms with Gasteiger partial charge in [-0.05, 0) is 38.4 Å². The van der Waals surface area contributed by atoms with Crippen molar-refractivity contribution in [2.24, 2.45) is 0 Å². The standard InChI is InChI=1S/C13H24N2O3S2/c1-5-14-9-12-10(2)8-13(19-12)20(16,17)15-11(3)6-7-18-4/h8,11,14-15H,5-7,9H2,1-4H3. The number of ether oxygens (including phenoxy) is 1. The van der Waals surface area contributed by atoms with Gasteiger partial charge in [0.25, 0.3) is 0 Å². The molecule has 1 rings (SSSR count). The first-order valence-electron chi connectivity index (χ1n) is 6.72. The average molecular weight is 320 g/mol. The summed E-state index contributed by atoms with van der Waals surface area (Å²) in [4.78, 5) is 1.07. The highest BCUT2D eigenvalue weighted by Gasteiger charge is 2.20. The summed E-state index contributed by atoms with van der Waals surface area (Å²) in [5.41, 5.74) is 1.01. The van der Waals surface area contributed by atoms with E-state index in [1.807, 2.05) is 20.8 Å². The SMILES string of the molecule is CCNCc1sc(S(=O)(=O)NC(C)CCOC)cc1C. The third kappa shape index (κ3) is 5.14. The lowest BCUT2D eigenvalue weighted by atomic mass is 10.3. The Bertz CT molecular complexity index is 512. The zero-order valence-electron chi connectivity index (χ0n) is 12.5. The number of sulfonamides is 1. The van der Waals surface area contributed by atoms with Crippen LogP contribution in [0.2, 0.25) is 0 Å². The van der Waals surface area contributed by atoms with Gasteiger partial charge < -0.3 is 10.1 Å². The molecule has 1 aromatic rings. The predicted octanol–water partition coefficient (Wildman–Crippen LogP) is 1.87. The molecule has 0 bridgehead atoms. The Morgan fingerprint density at radius 1 is 1.45 bits per heavy atom. The molecule has 0 aliphatic carbocycles. The lowest BCUT2D eigenvalue weighted by Crippen LogP contribution is -2.32. The number of thiophene rings is 1. The molecule has 0 aromatic carbocycles. The molecular formula is C13H24N2O3S2. The van der Waals surface area contributed by atoms with Crippen molar-refractivity contribution in [3.05, 3.63) is 16.5 Å². The quantitative estimate of drug-likeness (QED) is 0.729. The van der Waals surface area contributed by atoms with Crippen LogP contribution in [0.5, 0.6) is 0 Å². The monoisotopic (exact) mass is 320 g/mol. The van der Waals surface area contributed by atoms with Gasteiger partial charge in [0.2, 0.25) is 10.0 Å². The van der Waals surface area contributed by atoms with E-state index in [0.29, 0.717) is 23.8 Å². The van der Waals surface area contributed by atoms with E-state index in [4.69, 9.17) is 4.74 Å². The summed E-state index contributed by atoms with van der Waals surface area (Å²) < 4.78 is 32.6. The maximum absolute atomic E-state index is 12.3. The molecule has 116 valence electrons. The molecule has 0 amide bonds. The fourth-order valence-electron chi connectivity index (χ4n) is 1.71. The maximum atomic E-state index is 12.3. The molecule has 0 aliphatic rings. The molecule has 0 spiro atoms. The minimum absolute atomic E-state index is 0.139. The number of aryl methyl sites for hydroxylation is 1. The molecule has 0 saturated carbocycles.